The molecule has 2 rings (SSSR count). The van der Waals surface area contributed by atoms with Gasteiger partial charge in [-0.1, -0.05) is 6.07 Å². The number of aromatic hydroxyl groups is 1. The molecule has 0 amide bonds. The SMILES string of the molecule is CCN(c1cc(O)ccc1C)S(=O)(=O)C1CC1. The summed E-state index contributed by atoms with van der Waals surface area (Å²) < 4.78 is 25.9. The topological polar surface area (TPSA) is 57.6 Å². The zero-order valence-corrected chi connectivity index (χ0v) is 10.9. The van der Waals surface area contributed by atoms with Gasteiger partial charge in [-0.2, -0.15) is 0 Å². The first-order valence-corrected chi connectivity index (χ1v) is 7.28. The summed E-state index contributed by atoms with van der Waals surface area (Å²) in [6.07, 6.45) is 1.49. The van der Waals surface area contributed by atoms with Crippen LogP contribution in [-0.2, 0) is 10.0 Å². The van der Waals surface area contributed by atoms with Gasteiger partial charge >= 0.3 is 0 Å². The quantitative estimate of drug-likeness (QED) is 0.895. The van der Waals surface area contributed by atoms with Gasteiger partial charge < -0.3 is 5.11 Å². The fourth-order valence-electron chi connectivity index (χ4n) is 1.90. The van der Waals surface area contributed by atoms with E-state index >= 15 is 0 Å². The summed E-state index contributed by atoms with van der Waals surface area (Å²) in [5.74, 6) is 0.0926. The zero-order valence-electron chi connectivity index (χ0n) is 10.0. The van der Waals surface area contributed by atoms with E-state index in [2.05, 4.69) is 0 Å². The van der Waals surface area contributed by atoms with Crippen LogP contribution in [-0.4, -0.2) is 25.3 Å². The molecule has 1 aromatic rings. The van der Waals surface area contributed by atoms with Crippen molar-refractivity contribution in [1.82, 2.24) is 0 Å². The van der Waals surface area contributed by atoms with Crippen LogP contribution in [0.4, 0.5) is 5.69 Å². The Morgan fingerprint density at radius 1 is 1.41 bits per heavy atom. The molecule has 4 nitrogen and oxygen atoms in total. The highest BCUT2D eigenvalue weighted by atomic mass is 32.2. The molecule has 0 radical (unpaired) electrons. The smallest absolute Gasteiger partial charge is 0.238 e. The maximum Gasteiger partial charge on any atom is 0.238 e. The molecule has 5 heteroatoms. The number of nitrogens with zero attached hydrogens (tertiary/aromatic N) is 1. The molecule has 1 aliphatic carbocycles. The average Bonchev–Trinajstić information content (AvgIpc) is 3.07. The lowest BCUT2D eigenvalue weighted by molar-refractivity contribution is 0.475. The lowest BCUT2D eigenvalue weighted by Crippen LogP contribution is -2.34. The van der Waals surface area contributed by atoms with Crippen LogP contribution in [0.25, 0.3) is 0 Å². The maximum atomic E-state index is 12.2. The summed E-state index contributed by atoms with van der Waals surface area (Å²) in [7, 11) is -3.25. The van der Waals surface area contributed by atoms with Crippen LogP contribution >= 0.6 is 0 Å². The average molecular weight is 255 g/mol. The number of sulfonamides is 1. The van der Waals surface area contributed by atoms with Crippen LogP contribution in [0.3, 0.4) is 0 Å². The summed E-state index contributed by atoms with van der Waals surface area (Å²) in [6.45, 7) is 4.05. The number of anilines is 1. The third-order valence-corrected chi connectivity index (χ3v) is 5.38. The van der Waals surface area contributed by atoms with Crippen molar-refractivity contribution in [3.63, 3.8) is 0 Å². The highest BCUT2D eigenvalue weighted by Crippen LogP contribution is 2.35. The van der Waals surface area contributed by atoms with Crippen LogP contribution in [0.15, 0.2) is 18.2 Å². The van der Waals surface area contributed by atoms with Crippen LogP contribution < -0.4 is 4.31 Å². The number of hydrogen-bond acceptors (Lipinski definition) is 3. The van der Waals surface area contributed by atoms with Crippen LogP contribution in [0.1, 0.15) is 25.3 Å². The van der Waals surface area contributed by atoms with Crippen molar-refractivity contribution in [3.05, 3.63) is 23.8 Å². The van der Waals surface area contributed by atoms with Gasteiger partial charge in [-0.3, -0.25) is 4.31 Å². The summed E-state index contributed by atoms with van der Waals surface area (Å²) >= 11 is 0. The molecule has 0 saturated heterocycles. The summed E-state index contributed by atoms with van der Waals surface area (Å²) in [6, 6.07) is 4.81. The minimum absolute atomic E-state index is 0.0926. The Morgan fingerprint density at radius 3 is 2.59 bits per heavy atom. The molecule has 0 spiro atoms. The minimum atomic E-state index is -3.25. The highest BCUT2D eigenvalue weighted by molar-refractivity contribution is 7.93. The maximum absolute atomic E-state index is 12.2. The van der Waals surface area contributed by atoms with Crippen molar-refractivity contribution >= 4 is 15.7 Å². The number of rotatable bonds is 4. The fourth-order valence-corrected chi connectivity index (χ4v) is 3.82. The number of aryl methyl sites for hydroxylation is 1. The lowest BCUT2D eigenvalue weighted by atomic mass is 10.2. The zero-order chi connectivity index (χ0) is 12.6. The van der Waals surface area contributed by atoms with E-state index < -0.39 is 10.0 Å². The first kappa shape index (κ1) is 12.2. The van der Waals surface area contributed by atoms with E-state index in [0.29, 0.717) is 12.2 Å². The molecule has 0 atom stereocenters. The van der Waals surface area contributed by atoms with Gasteiger partial charge in [0.1, 0.15) is 5.75 Å². The molecule has 17 heavy (non-hydrogen) atoms. The fraction of sp³-hybridized carbons (Fsp3) is 0.500. The van der Waals surface area contributed by atoms with E-state index in [0.717, 1.165) is 18.4 Å². The molecule has 0 bridgehead atoms. The molecular weight excluding hydrogens is 238 g/mol. The normalized spacial score (nSPS) is 15.9. The van der Waals surface area contributed by atoms with Crippen molar-refractivity contribution in [3.8, 4) is 5.75 Å². The molecule has 0 heterocycles. The van der Waals surface area contributed by atoms with E-state index in [9.17, 15) is 13.5 Å². The molecule has 0 aromatic heterocycles. The first-order valence-electron chi connectivity index (χ1n) is 5.78. The van der Waals surface area contributed by atoms with E-state index in [1.54, 1.807) is 12.1 Å². The number of phenolic OH excluding ortho intramolecular Hbond substituents is 1. The Hall–Kier alpha value is -1.23. The largest absolute Gasteiger partial charge is 0.508 e. The molecule has 1 saturated carbocycles. The molecule has 0 aliphatic heterocycles. The number of hydrogen-bond donors (Lipinski definition) is 1. The Kier molecular flexibility index (Phi) is 3.03. The van der Waals surface area contributed by atoms with Crippen molar-refractivity contribution < 1.29 is 13.5 Å². The molecule has 0 unspecified atom stereocenters. The monoisotopic (exact) mass is 255 g/mol. The molecule has 94 valence electrons. The van der Waals surface area contributed by atoms with Gasteiger partial charge in [-0.25, -0.2) is 8.42 Å². The van der Waals surface area contributed by atoms with Crippen LogP contribution in [0.2, 0.25) is 0 Å². The van der Waals surface area contributed by atoms with Crippen molar-refractivity contribution in [2.75, 3.05) is 10.8 Å². The van der Waals surface area contributed by atoms with E-state index in [1.807, 2.05) is 13.8 Å². The number of benzene rings is 1. The van der Waals surface area contributed by atoms with Crippen LogP contribution in [0, 0.1) is 6.92 Å². The Morgan fingerprint density at radius 2 is 2.06 bits per heavy atom. The van der Waals surface area contributed by atoms with Gasteiger partial charge in [0.05, 0.1) is 10.9 Å². The molecular formula is C12H17NO3S. The van der Waals surface area contributed by atoms with Crippen molar-refractivity contribution in [2.24, 2.45) is 0 Å². The second kappa shape index (κ2) is 4.22. The molecule has 1 aromatic carbocycles. The van der Waals surface area contributed by atoms with Gasteiger partial charge in [-0.05, 0) is 38.3 Å². The van der Waals surface area contributed by atoms with E-state index in [1.165, 1.54) is 10.4 Å². The minimum Gasteiger partial charge on any atom is -0.508 e. The Labute approximate surface area is 102 Å². The second-order valence-electron chi connectivity index (χ2n) is 4.38. The van der Waals surface area contributed by atoms with Crippen LogP contribution in [0.5, 0.6) is 5.75 Å². The number of phenols is 1. The van der Waals surface area contributed by atoms with Gasteiger partial charge in [0.25, 0.3) is 0 Å². The van der Waals surface area contributed by atoms with Gasteiger partial charge in [0, 0.05) is 12.6 Å². The van der Waals surface area contributed by atoms with E-state index in [-0.39, 0.29) is 11.0 Å². The summed E-state index contributed by atoms with van der Waals surface area (Å²) in [4.78, 5) is 0. The predicted molar refractivity (Wildman–Crippen MR) is 67.8 cm³/mol. The van der Waals surface area contributed by atoms with E-state index in [4.69, 9.17) is 0 Å². The summed E-state index contributed by atoms with van der Waals surface area (Å²) in [5.41, 5.74) is 1.44. The van der Waals surface area contributed by atoms with Gasteiger partial charge in [-0.15, -0.1) is 0 Å². The predicted octanol–water partition coefficient (Wildman–Crippen LogP) is 2.02. The third kappa shape index (κ3) is 2.24. The molecule has 1 aliphatic rings. The highest BCUT2D eigenvalue weighted by Gasteiger charge is 2.40. The van der Waals surface area contributed by atoms with Crippen molar-refractivity contribution in [2.45, 2.75) is 31.9 Å². The second-order valence-corrected chi connectivity index (χ2v) is 6.52. The molecule has 1 fully saturated rings. The standard InChI is InChI=1S/C12H17NO3S/c1-3-13(17(15,16)11-6-7-11)12-8-10(14)5-4-9(12)2/h4-5,8,11,14H,3,6-7H2,1-2H3. The first-order chi connectivity index (χ1) is 7.96. The summed E-state index contributed by atoms with van der Waals surface area (Å²) in [5, 5.41) is 9.25. The molecule has 1 N–H and O–H groups in total. The Bertz CT molecular complexity index is 521. The van der Waals surface area contributed by atoms with Gasteiger partial charge in [0.2, 0.25) is 10.0 Å². The Balaban J connectivity index is 2.45. The third-order valence-electron chi connectivity index (χ3n) is 3.00. The lowest BCUT2D eigenvalue weighted by Gasteiger charge is -2.24. The van der Waals surface area contributed by atoms with Crippen molar-refractivity contribution in [1.29, 1.82) is 0 Å². The van der Waals surface area contributed by atoms with Gasteiger partial charge in [0.15, 0.2) is 0 Å².